The second-order valence-electron chi connectivity index (χ2n) is 4.47. The molecule has 1 rings (SSSR count). The van der Waals surface area contributed by atoms with Gasteiger partial charge in [0.05, 0.1) is 11.5 Å². The lowest BCUT2D eigenvalue weighted by atomic mass is 9.85. The molecule has 0 bridgehead atoms. The van der Waals surface area contributed by atoms with Crippen LogP contribution >= 0.6 is 0 Å². The van der Waals surface area contributed by atoms with Crippen molar-refractivity contribution in [1.82, 2.24) is 0 Å². The molecule has 0 saturated carbocycles. The van der Waals surface area contributed by atoms with E-state index in [2.05, 4.69) is 6.58 Å². The van der Waals surface area contributed by atoms with Gasteiger partial charge in [0.2, 0.25) is 5.78 Å². The number of carbonyl (C=O) groups excluding carboxylic acids is 1. The van der Waals surface area contributed by atoms with Crippen LogP contribution in [0.2, 0.25) is 0 Å². The third-order valence-electron chi connectivity index (χ3n) is 2.84. The van der Waals surface area contributed by atoms with Gasteiger partial charge in [-0.2, -0.15) is 8.78 Å². The number of para-hydroxylation sites is 1. The monoisotopic (exact) mass is 254 g/mol. The van der Waals surface area contributed by atoms with Crippen LogP contribution in [0.15, 0.2) is 36.9 Å². The minimum Gasteiger partial charge on any atom is -0.507 e. The number of carbonyl (C=O) groups is 1. The summed E-state index contributed by atoms with van der Waals surface area (Å²) in [6, 6.07) is 5.30. The van der Waals surface area contributed by atoms with Crippen LogP contribution in [0.3, 0.4) is 0 Å². The first-order valence-electron chi connectivity index (χ1n) is 5.65. The first kappa shape index (κ1) is 14.4. The molecule has 0 amide bonds. The van der Waals surface area contributed by atoms with Crippen molar-refractivity contribution < 1.29 is 18.7 Å². The molecule has 1 N–H and O–H groups in total. The van der Waals surface area contributed by atoms with Gasteiger partial charge in [0.25, 0.3) is 0 Å². The Morgan fingerprint density at radius 1 is 1.39 bits per heavy atom. The van der Waals surface area contributed by atoms with E-state index in [9.17, 15) is 18.7 Å². The number of halogens is 2. The number of hydrogen-bond donors (Lipinski definition) is 1. The molecule has 0 aliphatic carbocycles. The van der Waals surface area contributed by atoms with Crippen molar-refractivity contribution >= 4 is 5.78 Å². The number of phenolic OH excluding ortho intramolecular Hbond substituents is 1. The number of aromatic hydroxyl groups is 1. The average molecular weight is 254 g/mol. The molecule has 4 heteroatoms. The van der Waals surface area contributed by atoms with Crippen molar-refractivity contribution in [2.45, 2.75) is 19.8 Å². The summed E-state index contributed by atoms with van der Waals surface area (Å²) in [5.41, 5.74) is -0.366. The zero-order valence-electron chi connectivity index (χ0n) is 10.4. The van der Waals surface area contributed by atoms with Gasteiger partial charge in [-0.1, -0.05) is 32.1 Å². The molecule has 0 aliphatic rings. The van der Waals surface area contributed by atoms with Gasteiger partial charge in [-0.15, -0.1) is 6.58 Å². The highest BCUT2D eigenvalue weighted by molar-refractivity contribution is 6.03. The first-order valence-corrected chi connectivity index (χ1v) is 5.65. The maximum absolute atomic E-state index is 14.1. The van der Waals surface area contributed by atoms with Gasteiger partial charge in [-0.25, -0.2) is 0 Å². The number of ketones is 1. The van der Waals surface area contributed by atoms with Crippen molar-refractivity contribution in [2.75, 3.05) is 0 Å². The molecular weight excluding hydrogens is 238 g/mol. The van der Waals surface area contributed by atoms with E-state index in [1.807, 2.05) is 0 Å². The highest BCUT2D eigenvalue weighted by atomic mass is 19.3. The van der Waals surface area contributed by atoms with Crippen LogP contribution < -0.4 is 0 Å². The molecule has 0 fully saturated rings. The Kier molecular flexibility index (Phi) is 4.22. The van der Waals surface area contributed by atoms with Gasteiger partial charge in [0, 0.05) is 0 Å². The molecular formula is C14H16F2O2. The van der Waals surface area contributed by atoms with E-state index in [0.717, 1.165) is 6.08 Å². The highest BCUT2D eigenvalue weighted by Crippen LogP contribution is 2.36. The van der Waals surface area contributed by atoms with Crippen LogP contribution in [0.4, 0.5) is 8.78 Å². The number of alkyl halides is 2. The third-order valence-corrected chi connectivity index (χ3v) is 2.84. The summed E-state index contributed by atoms with van der Waals surface area (Å²) < 4.78 is 28.1. The summed E-state index contributed by atoms with van der Waals surface area (Å²) in [6.45, 7) is 6.54. The Morgan fingerprint density at radius 3 is 2.39 bits per heavy atom. The van der Waals surface area contributed by atoms with Crippen LogP contribution in [0, 0.1) is 11.8 Å². The third kappa shape index (κ3) is 2.58. The number of phenols is 1. The van der Waals surface area contributed by atoms with Crippen molar-refractivity contribution in [3.8, 4) is 5.75 Å². The van der Waals surface area contributed by atoms with Crippen molar-refractivity contribution in [1.29, 1.82) is 0 Å². The van der Waals surface area contributed by atoms with E-state index in [4.69, 9.17) is 0 Å². The predicted molar refractivity (Wildman–Crippen MR) is 65.9 cm³/mol. The van der Waals surface area contributed by atoms with Crippen LogP contribution in [-0.4, -0.2) is 16.8 Å². The largest absolute Gasteiger partial charge is 0.507 e. The SMILES string of the molecule is C=C[C@H](C(C)C)C(F)(F)C(=O)c1ccccc1O. The Balaban J connectivity index is 3.16. The van der Waals surface area contributed by atoms with E-state index >= 15 is 0 Å². The number of benzene rings is 1. The summed E-state index contributed by atoms with van der Waals surface area (Å²) in [4.78, 5) is 11.8. The van der Waals surface area contributed by atoms with E-state index < -0.39 is 29.3 Å². The molecule has 18 heavy (non-hydrogen) atoms. The second-order valence-corrected chi connectivity index (χ2v) is 4.47. The molecule has 0 unspecified atom stereocenters. The van der Waals surface area contributed by atoms with Crippen molar-refractivity contribution in [3.63, 3.8) is 0 Å². The van der Waals surface area contributed by atoms with Gasteiger partial charge in [0.15, 0.2) is 0 Å². The Labute approximate surface area is 105 Å². The quantitative estimate of drug-likeness (QED) is 0.643. The van der Waals surface area contributed by atoms with Gasteiger partial charge in [0.1, 0.15) is 5.75 Å². The highest BCUT2D eigenvalue weighted by Gasteiger charge is 2.47. The van der Waals surface area contributed by atoms with Crippen LogP contribution in [-0.2, 0) is 0 Å². The molecule has 1 atom stereocenters. The molecule has 2 nitrogen and oxygen atoms in total. The number of hydrogen-bond acceptors (Lipinski definition) is 2. The zero-order valence-corrected chi connectivity index (χ0v) is 10.4. The van der Waals surface area contributed by atoms with Crippen molar-refractivity contribution in [2.24, 2.45) is 11.8 Å². The lowest BCUT2D eigenvalue weighted by molar-refractivity contribution is -0.0293. The van der Waals surface area contributed by atoms with Gasteiger partial charge >= 0.3 is 5.92 Å². The number of allylic oxidation sites excluding steroid dienone is 1. The second kappa shape index (κ2) is 5.29. The number of rotatable bonds is 5. The normalized spacial score (nSPS) is 13.4. The topological polar surface area (TPSA) is 37.3 Å². The van der Waals surface area contributed by atoms with E-state index in [1.165, 1.54) is 24.3 Å². The summed E-state index contributed by atoms with van der Waals surface area (Å²) in [6.07, 6.45) is 1.09. The Bertz CT molecular complexity index is 453. The Hall–Kier alpha value is -1.71. The summed E-state index contributed by atoms with van der Waals surface area (Å²) >= 11 is 0. The molecule has 0 spiro atoms. The fraction of sp³-hybridized carbons (Fsp3) is 0.357. The molecule has 98 valence electrons. The van der Waals surface area contributed by atoms with Crippen LogP contribution in [0.1, 0.15) is 24.2 Å². The summed E-state index contributed by atoms with van der Waals surface area (Å²) in [7, 11) is 0. The molecule has 0 heterocycles. The fourth-order valence-electron chi connectivity index (χ4n) is 1.84. The fourth-order valence-corrected chi connectivity index (χ4v) is 1.84. The predicted octanol–water partition coefficient (Wildman–Crippen LogP) is 3.67. The minimum absolute atomic E-state index is 0.366. The maximum Gasteiger partial charge on any atom is 0.316 e. The van der Waals surface area contributed by atoms with E-state index in [-0.39, 0.29) is 5.56 Å². The minimum atomic E-state index is -3.57. The van der Waals surface area contributed by atoms with Crippen LogP contribution in [0.25, 0.3) is 0 Å². The first-order chi connectivity index (χ1) is 8.32. The lowest BCUT2D eigenvalue weighted by Gasteiger charge is -2.26. The molecule has 0 radical (unpaired) electrons. The Morgan fingerprint density at radius 2 is 1.94 bits per heavy atom. The van der Waals surface area contributed by atoms with Crippen LogP contribution in [0.5, 0.6) is 5.75 Å². The summed E-state index contributed by atoms with van der Waals surface area (Å²) in [5, 5.41) is 9.46. The van der Waals surface area contributed by atoms with Gasteiger partial charge in [-0.3, -0.25) is 4.79 Å². The molecule has 1 aromatic carbocycles. The molecule has 1 aromatic rings. The zero-order chi connectivity index (χ0) is 13.9. The molecule has 0 aromatic heterocycles. The lowest BCUT2D eigenvalue weighted by Crippen LogP contribution is -2.39. The summed E-state index contributed by atoms with van der Waals surface area (Å²) in [5.74, 6) is -7.07. The van der Waals surface area contributed by atoms with E-state index in [1.54, 1.807) is 13.8 Å². The number of Topliss-reactive ketones (excluding diaryl/α,β-unsaturated/α-hetero) is 1. The standard InChI is InChI=1S/C14H16F2O2/c1-4-11(9(2)3)14(15,16)13(18)10-7-5-6-8-12(10)17/h4-9,11,17H,1H2,2-3H3/t11-/m1/s1. The van der Waals surface area contributed by atoms with Crippen molar-refractivity contribution in [3.05, 3.63) is 42.5 Å². The van der Waals surface area contributed by atoms with Gasteiger partial charge in [-0.05, 0) is 18.1 Å². The smallest absolute Gasteiger partial charge is 0.316 e. The molecule has 0 saturated heterocycles. The molecule has 0 aliphatic heterocycles. The average Bonchev–Trinajstić information content (AvgIpc) is 2.28. The van der Waals surface area contributed by atoms with Gasteiger partial charge < -0.3 is 5.11 Å². The van der Waals surface area contributed by atoms with E-state index in [0.29, 0.717) is 0 Å². The maximum atomic E-state index is 14.1.